The average Bonchev–Trinajstić information content (AvgIpc) is 3.51. The highest BCUT2D eigenvalue weighted by atomic mass is 32.2. The number of fused-ring (bicyclic) bond motifs is 10. The zero-order valence-electron chi connectivity index (χ0n) is 23.6. The molecule has 8 rings (SSSR count). The van der Waals surface area contributed by atoms with Crippen molar-refractivity contribution in [2.24, 2.45) is 4.99 Å². The van der Waals surface area contributed by atoms with Crippen molar-refractivity contribution in [3.63, 3.8) is 0 Å². The van der Waals surface area contributed by atoms with Crippen LogP contribution in [0.5, 0.6) is 0 Å². The molecule has 0 atom stereocenters. The van der Waals surface area contributed by atoms with Crippen LogP contribution in [0.1, 0.15) is 39.1 Å². The lowest BCUT2D eigenvalue weighted by Gasteiger charge is -2.39. The number of hydrogen-bond donors (Lipinski definition) is 0. The summed E-state index contributed by atoms with van der Waals surface area (Å²) in [5.41, 5.74) is 9.99. The monoisotopic (exact) mass is 582 g/mol. The number of nitrogens with zero attached hydrogens (tertiary/aromatic N) is 6. The topological polar surface area (TPSA) is 90.7 Å². The van der Waals surface area contributed by atoms with Crippen LogP contribution in [-0.4, -0.2) is 21.3 Å². The first-order valence-electron chi connectivity index (χ1n) is 14.1. The Morgan fingerprint density at radius 2 is 1.59 bits per heavy atom. The Morgan fingerprint density at radius 1 is 0.886 bits per heavy atom. The molecule has 0 unspecified atom stereocenters. The molecule has 1 aliphatic heterocycles. The summed E-state index contributed by atoms with van der Waals surface area (Å²) in [7, 11) is 0. The fraction of sp³-hybridized carbons (Fsp3) is 0.0541. The Morgan fingerprint density at radius 3 is 2.30 bits per heavy atom. The van der Waals surface area contributed by atoms with E-state index in [1.54, 1.807) is 17.8 Å². The largest absolute Gasteiger partial charge is 0.312 e. The molecule has 206 valence electrons. The van der Waals surface area contributed by atoms with Crippen molar-refractivity contribution in [2.75, 3.05) is 0 Å². The van der Waals surface area contributed by atoms with Crippen LogP contribution in [0.3, 0.4) is 0 Å². The molecule has 6 aromatic rings. The second kappa shape index (κ2) is 9.64. The molecule has 0 bridgehead atoms. The number of rotatable bonds is 3. The molecule has 2 aliphatic rings. The molecule has 1 aliphatic carbocycles. The van der Waals surface area contributed by atoms with E-state index in [2.05, 4.69) is 89.1 Å². The van der Waals surface area contributed by atoms with Gasteiger partial charge >= 0.3 is 0 Å². The Bertz CT molecular complexity index is 2290. The minimum atomic E-state index is -0.602. The number of aromatic nitrogens is 3. The van der Waals surface area contributed by atoms with E-state index in [4.69, 9.17) is 9.97 Å². The van der Waals surface area contributed by atoms with E-state index in [0.717, 1.165) is 50.4 Å². The predicted molar refractivity (Wildman–Crippen MR) is 173 cm³/mol. The van der Waals surface area contributed by atoms with Crippen LogP contribution in [0, 0.1) is 29.6 Å². The van der Waals surface area contributed by atoms with E-state index >= 15 is 0 Å². The first-order valence-corrected chi connectivity index (χ1v) is 14.9. The van der Waals surface area contributed by atoms with E-state index in [1.165, 1.54) is 20.9 Å². The summed E-state index contributed by atoms with van der Waals surface area (Å²) in [4.78, 5) is 16.3. The van der Waals surface area contributed by atoms with Gasteiger partial charge in [-0.05, 0) is 78.9 Å². The second-order valence-electron chi connectivity index (χ2n) is 10.8. The first-order chi connectivity index (χ1) is 21.6. The number of pyridine rings is 2. The SMILES string of the molecule is C=N/C(C#N)=C\c1c(C)n(-c2cnc3c(c2)C2(c4ccccc4Sc4ccccc42)c2cccnc2-3)c2ccc(C#N)cc12. The van der Waals surface area contributed by atoms with Gasteiger partial charge in [0.1, 0.15) is 11.8 Å². The fourth-order valence-electron chi connectivity index (χ4n) is 6.94. The minimum Gasteiger partial charge on any atom is -0.312 e. The summed E-state index contributed by atoms with van der Waals surface area (Å²) < 4.78 is 2.15. The van der Waals surface area contributed by atoms with Crippen molar-refractivity contribution >= 4 is 35.5 Å². The Kier molecular flexibility index (Phi) is 5.68. The van der Waals surface area contributed by atoms with Gasteiger partial charge in [0.05, 0.1) is 45.8 Å². The molecule has 1 spiro atoms. The van der Waals surface area contributed by atoms with Crippen LogP contribution in [0.15, 0.2) is 118 Å². The van der Waals surface area contributed by atoms with Crippen LogP contribution >= 0.6 is 11.8 Å². The molecule has 3 aromatic heterocycles. The Balaban J connectivity index is 1.47. The van der Waals surface area contributed by atoms with Gasteiger partial charge in [0, 0.05) is 38.2 Å². The molecular weight excluding hydrogens is 561 g/mol. The molecule has 0 fully saturated rings. The summed E-state index contributed by atoms with van der Waals surface area (Å²) in [6.07, 6.45) is 5.46. The maximum absolute atomic E-state index is 9.68. The zero-order chi connectivity index (χ0) is 30.0. The maximum Gasteiger partial charge on any atom is 0.140 e. The van der Waals surface area contributed by atoms with E-state index < -0.39 is 5.41 Å². The Labute approximate surface area is 258 Å². The molecule has 3 aromatic carbocycles. The van der Waals surface area contributed by atoms with E-state index in [1.807, 2.05) is 43.6 Å². The molecule has 0 saturated heterocycles. The molecule has 0 radical (unpaired) electrons. The second-order valence-corrected chi connectivity index (χ2v) is 11.9. The predicted octanol–water partition coefficient (Wildman–Crippen LogP) is 7.99. The number of hydrogen-bond acceptors (Lipinski definition) is 6. The van der Waals surface area contributed by atoms with Crippen LogP contribution in [0.25, 0.3) is 34.1 Å². The van der Waals surface area contributed by atoms with Crippen LogP contribution in [0.4, 0.5) is 0 Å². The molecule has 0 saturated carbocycles. The van der Waals surface area contributed by atoms with E-state index in [0.29, 0.717) is 5.56 Å². The van der Waals surface area contributed by atoms with Gasteiger partial charge in [0.15, 0.2) is 0 Å². The third-order valence-electron chi connectivity index (χ3n) is 8.72. The van der Waals surface area contributed by atoms with Gasteiger partial charge < -0.3 is 4.57 Å². The highest BCUT2D eigenvalue weighted by Gasteiger charge is 2.51. The van der Waals surface area contributed by atoms with Crippen molar-refractivity contribution in [1.29, 1.82) is 10.5 Å². The lowest BCUT2D eigenvalue weighted by Crippen LogP contribution is -2.32. The number of benzene rings is 3. The summed E-state index contributed by atoms with van der Waals surface area (Å²) in [6, 6.07) is 33.6. The van der Waals surface area contributed by atoms with Gasteiger partial charge in [-0.3, -0.25) is 15.0 Å². The summed E-state index contributed by atoms with van der Waals surface area (Å²) >= 11 is 1.80. The molecule has 7 heteroatoms. The van der Waals surface area contributed by atoms with Crippen molar-refractivity contribution in [1.82, 2.24) is 14.5 Å². The van der Waals surface area contributed by atoms with Gasteiger partial charge in [0.2, 0.25) is 0 Å². The van der Waals surface area contributed by atoms with E-state index in [-0.39, 0.29) is 5.70 Å². The van der Waals surface area contributed by atoms with Crippen molar-refractivity contribution < 1.29 is 0 Å². The third kappa shape index (κ3) is 3.39. The van der Waals surface area contributed by atoms with Crippen molar-refractivity contribution in [2.45, 2.75) is 22.1 Å². The smallest absolute Gasteiger partial charge is 0.140 e. The van der Waals surface area contributed by atoms with Gasteiger partial charge in [-0.15, -0.1) is 0 Å². The number of aliphatic imine (C=N–C) groups is 1. The quantitative estimate of drug-likeness (QED) is 0.156. The minimum absolute atomic E-state index is 0.204. The molecule has 6 nitrogen and oxygen atoms in total. The molecule has 0 amide bonds. The summed E-state index contributed by atoms with van der Waals surface area (Å²) in [6.45, 7) is 5.57. The summed E-state index contributed by atoms with van der Waals surface area (Å²) in [5.74, 6) is 0. The van der Waals surface area contributed by atoms with Gasteiger partial charge in [0.25, 0.3) is 0 Å². The Hall–Kier alpha value is -5.76. The molecule has 0 N–H and O–H groups in total. The molecule has 4 heterocycles. The number of allylic oxidation sites excluding steroid dienone is 1. The normalized spacial score (nSPS) is 13.8. The van der Waals surface area contributed by atoms with Crippen LogP contribution < -0.4 is 0 Å². The maximum atomic E-state index is 9.68. The molecular formula is C37H22N6S. The van der Waals surface area contributed by atoms with Crippen molar-refractivity contribution in [3.8, 4) is 29.2 Å². The average molecular weight is 583 g/mol. The first kappa shape index (κ1) is 25.9. The van der Waals surface area contributed by atoms with E-state index in [9.17, 15) is 10.5 Å². The van der Waals surface area contributed by atoms with Gasteiger partial charge in [-0.1, -0.05) is 54.2 Å². The third-order valence-corrected chi connectivity index (χ3v) is 9.87. The van der Waals surface area contributed by atoms with Crippen LogP contribution in [0.2, 0.25) is 0 Å². The fourth-order valence-corrected chi connectivity index (χ4v) is 8.14. The zero-order valence-corrected chi connectivity index (χ0v) is 24.4. The van der Waals surface area contributed by atoms with Gasteiger partial charge in [-0.2, -0.15) is 10.5 Å². The lowest BCUT2D eigenvalue weighted by atomic mass is 9.67. The standard InChI is InChI=1S/C37H22N6S/c1-22-26(17-24(20-39)40-2)27-16-23(19-38)13-14-32(27)43(22)25-18-31-36(42-21-25)35-30(10-7-15-41-35)37(31)28-8-3-5-11-33(28)44-34-12-6-4-9-29(34)37/h3-18,21H,2H2,1H3/b24-17-. The van der Waals surface area contributed by atoms with Gasteiger partial charge in [-0.25, -0.2) is 0 Å². The van der Waals surface area contributed by atoms with Crippen molar-refractivity contribution in [3.05, 3.63) is 142 Å². The molecule has 44 heavy (non-hydrogen) atoms. The van der Waals surface area contributed by atoms with Crippen LogP contribution in [-0.2, 0) is 5.41 Å². The highest BCUT2D eigenvalue weighted by Crippen LogP contribution is 2.61. The highest BCUT2D eigenvalue weighted by molar-refractivity contribution is 7.99. The number of nitriles is 2. The summed E-state index contributed by atoms with van der Waals surface area (Å²) in [5, 5.41) is 20.2. The lowest BCUT2D eigenvalue weighted by molar-refractivity contribution is 0.718.